The lowest BCUT2D eigenvalue weighted by Gasteiger charge is -2.59. The van der Waals surface area contributed by atoms with Gasteiger partial charge in [-0.1, -0.05) is 13.8 Å². The van der Waals surface area contributed by atoms with Gasteiger partial charge in [-0.15, -0.1) is 0 Å². The fraction of sp³-hybridized carbons (Fsp3) is 0.895. The van der Waals surface area contributed by atoms with Crippen molar-refractivity contribution in [1.29, 1.82) is 0 Å². The van der Waals surface area contributed by atoms with Gasteiger partial charge in [0.05, 0.1) is 0 Å². The number of hydrogen-bond acceptors (Lipinski definition) is 8. The molecule has 9 heteroatoms. The van der Waals surface area contributed by atoms with Crippen LogP contribution in [-0.2, 0) is 38.3 Å². The Hall–Kier alpha value is -1.26. The summed E-state index contributed by atoms with van der Waals surface area (Å²) in [4.78, 5) is 34.4. The van der Waals surface area contributed by atoms with E-state index in [9.17, 15) is 9.59 Å². The molecule has 2 bridgehead atoms. The lowest BCUT2D eigenvalue weighted by molar-refractivity contribution is -0.576. The first-order valence-corrected chi connectivity index (χ1v) is 9.94. The molecule has 0 aromatic heterocycles. The molecule has 0 amide bonds. The molecule has 1 saturated carbocycles. The number of rotatable bonds is 5. The van der Waals surface area contributed by atoms with Gasteiger partial charge in [-0.25, -0.2) is 19.4 Å². The lowest BCUT2D eigenvalue weighted by Crippen LogP contribution is -2.70. The number of hydrogen-bond donors (Lipinski definition) is 1. The molecular weight excluding hydrogens is 372 g/mol. The molecule has 1 N–H and O–H groups in total. The van der Waals surface area contributed by atoms with E-state index < -0.39 is 49.1 Å². The van der Waals surface area contributed by atoms with Gasteiger partial charge in [0.25, 0.3) is 0 Å². The van der Waals surface area contributed by atoms with Crippen LogP contribution in [0.15, 0.2) is 0 Å². The van der Waals surface area contributed by atoms with E-state index in [0.717, 1.165) is 19.3 Å². The predicted molar refractivity (Wildman–Crippen MR) is 91.4 cm³/mol. The molecule has 0 radical (unpaired) electrons. The maximum absolute atomic E-state index is 12.1. The summed E-state index contributed by atoms with van der Waals surface area (Å²) in [5.74, 6) is -2.11. The van der Waals surface area contributed by atoms with E-state index >= 15 is 0 Å². The zero-order chi connectivity index (χ0) is 20.1. The van der Waals surface area contributed by atoms with Crippen molar-refractivity contribution in [2.24, 2.45) is 23.7 Å². The van der Waals surface area contributed by atoms with Gasteiger partial charge in [0, 0.05) is 18.3 Å². The minimum atomic E-state index is -1.15. The molecule has 158 valence electrons. The normalized spacial score (nSPS) is 47.1. The fourth-order valence-electron chi connectivity index (χ4n) is 5.39. The van der Waals surface area contributed by atoms with E-state index in [1.807, 2.05) is 13.8 Å². The van der Waals surface area contributed by atoms with Crippen molar-refractivity contribution in [3.05, 3.63) is 0 Å². The van der Waals surface area contributed by atoms with Gasteiger partial charge in [0.2, 0.25) is 12.1 Å². The highest BCUT2D eigenvalue weighted by Crippen LogP contribution is 2.60. The summed E-state index contributed by atoms with van der Waals surface area (Å²) >= 11 is 0. The van der Waals surface area contributed by atoms with Crippen LogP contribution in [0.2, 0.25) is 0 Å². The number of carbonyl (C=O) groups excluding carboxylic acids is 1. The Morgan fingerprint density at radius 3 is 2.64 bits per heavy atom. The van der Waals surface area contributed by atoms with Crippen LogP contribution in [-0.4, -0.2) is 54.2 Å². The molecule has 8 atom stereocenters. The molecule has 9 nitrogen and oxygen atoms in total. The minimum Gasteiger partial charge on any atom is -0.480 e. The number of esters is 1. The predicted octanol–water partition coefficient (Wildman–Crippen LogP) is 1.84. The summed E-state index contributed by atoms with van der Waals surface area (Å²) in [6.45, 7) is 5.03. The zero-order valence-corrected chi connectivity index (χ0v) is 16.4. The van der Waals surface area contributed by atoms with Gasteiger partial charge >= 0.3 is 11.9 Å². The maximum Gasteiger partial charge on any atom is 0.334 e. The Labute approximate surface area is 163 Å². The third-order valence-electron chi connectivity index (χ3n) is 6.79. The highest BCUT2D eigenvalue weighted by atomic mass is 17.3. The second kappa shape index (κ2) is 7.21. The van der Waals surface area contributed by atoms with Gasteiger partial charge in [-0.05, 0) is 38.0 Å². The number of ether oxygens (including phenoxy) is 4. The molecule has 1 spiro atoms. The Kier molecular flexibility index (Phi) is 5.16. The van der Waals surface area contributed by atoms with Crippen LogP contribution in [0.3, 0.4) is 0 Å². The molecule has 0 aromatic carbocycles. The van der Waals surface area contributed by atoms with Crippen molar-refractivity contribution >= 4 is 11.9 Å². The number of carbonyl (C=O) groups is 2. The molecule has 0 aromatic rings. The topological polar surface area (TPSA) is 110 Å². The van der Waals surface area contributed by atoms with Gasteiger partial charge in [0.1, 0.15) is 13.2 Å². The summed E-state index contributed by atoms with van der Waals surface area (Å²) in [5, 5.41) is 8.61. The first-order chi connectivity index (χ1) is 13.2. The molecule has 28 heavy (non-hydrogen) atoms. The first kappa shape index (κ1) is 20.0. The summed E-state index contributed by atoms with van der Waals surface area (Å²) < 4.78 is 22.6. The van der Waals surface area contributed by atoms with Gasteiger partial charge < -0.3 is 24.1 Å². The second-order valence-corrected chi connectivity index (χ2v) is 8.65. The smallest absolute Gasteiger partial charge is 0.334 e. The van der Waals surface area contributed by atoms with Crippen molar-refractivity contribution in [1.82, 2.24) is 0 Å². The second-order valence-electron chi connectivity index (χ2n) is 8.65. The first-order valence-electron chi connectivity index (χ1n) is 9.94. The van der Waals surface area contributed by atoms with Crippen molar-refractivity contribution in [2.45, 2.75) is 70.4 Å². The van der Waals surface area contributed by atoms with Crippen LogP contribution < -0.4 is 0 Å². The molecule has 4 heterocycles. The number of carboxylic acid groups (broad SMARTS) is 1. The Morgan fingerprint density at radius 1 is 1.11 bits per heavy atom. The van der Waals surface area contributed by atoms with Gasteiger partial charge in [-0.2, -0.15) is 0 Å². The summed E-state index contributed by atoms with van der Waals surface area (Å²) in [7, 11) is 0. The average Bonchev–Trinajstić information content (AvgIpc) is 2.85. The van der Waals surface area contributed by atoms with E-state index in [0.29, 0.717) is 12.3 Å². The average molecular weight is 400 g/mol. The molecule has 4 saturated heterocycles. The van der Waals surface area contributed by atoms with Crippen LogP contribution in [0.5, 0.6) is 0 Å². The largest absolute Gasteiger partial charge is 0.480 e. The van der Waals surface area contributed by atoms with Crippen molar-refractivity contribution in [2.75, 3.05) is 13.2 Å². The van der Waals surface area contributed by atoms with Gasteiger partial charge in [-0.3, -0.25) is 0 Å². The Balaban J connectivity index is 1.53. The summed E-state index contributed by atoms with van der Waals surface area (Å²) in [5.41, 5.74) is -0.712. The van der Waals surface area contributed by atoms with E-state index in [2.05, 4.69) is 6.92 Å². The standard InChI is InChI=1S/C19H28O9/c1-10-4-5-13-11(2)16(24-15(22)9-23-8-14(20)21)25-17-19(13)12(10)6-7-18(3,26-17)27-28-19/h10-13,16-17H,4-9H2,1-3H3,(H,20,21). The fourth-order valence-corrected chi connectivity index (χ4v) is 5.39. The van der Waals surface area contributed by atoms with E-state index in [1.54, 1.807) is 0 Å². The van der Waals surface area contributed by atoms with E-state index in [1.165, 1.54) is 0 Å². The molecule has 1 aliphatic carbocycles. The van der Waals surface area contributed by atoms with Crippen molar-refractivity contribution in [3.8, 4) is 0 Å². The maximum atomic E-state index is 12.1. The number of fused-ring (bicyclic) bond motifs is 2. The monoisotopic (exact) mass is 400 g/mol. The third-order valence-corrected chi connectivity index (χ3v) is 6.79. The molecule has 5 rings (SSSR count). The van der Waals surface area contributed by atoms with Crippen molar-refractivity contribution in [3.63, 3.8) is 0 Å². The SMILES string of the molecule is CC1CCC2C(C)C(OC(=O)COCC(=O)O)OC3OC4(C)CCC1C32OO4. The number of aliphatic carboxylic acids is 1. The van der Waals surface area contributed by atoms with Crippen LogP contribution in [0.25, 0.3) is 0 Å². The van der Waals surface area contributed by atoms with Gasteiger partial charge in [0.15, 0.2) is 11.9 Å². The lowest BCUT2D eigenvalue weighted by atomic mass is 9.58. The van der Waals surface area contributed by atoms with E-state index in [4.69, 9.17) is 33.8 Å². The van der Waals surface area contributed by atoms with Crippen molar-refractivity contribution < 1.29 is 43.4 Å². The summed E-state index contributed by atoms with van der Waals surface area (Å²) in [6, 6.07) is 0. The van der Waals surface area contributed by atoms with Crippen LogP contribution in [0.4, 0.5) is 0 Å². The third kappa shape index (κ3) is 3.23. The quantitative estimate of drug-likeness (QED) is 0.546. The number of carboxylic acids is 1. The Bertz CT molecular complexity index is 639. The highest BCUT2D eigenvalue weighted by Gasteiger charge is 2.69. The minimum absolute atomic E-state index is 0.0489. The molecule has 5 aliphatic rings. The van der Waals surface area contributed by atoms with Crippen LogP contribution >= 0.6 is 0 Å². The van der Waals surface area contributed by atoms with E-state index in [-0.39, 0.29) is 17.8 Å². The molecule has 8 unspecified atom stereocenters. The summed E-state index contributed by atoms with van der Waals surface area (Å²) in [6.07, 6.45) is 2.07. The molecule has 5 fully saturated rings. The van der Waals surface area contributed by atoms with Crippen LogP contribution in [0.1, 0.15) is 46.5 Å². The Morgan fingerprint density at radius 2 is 1.89 bits per heavy atom. The zero-order valence-electron chi connectivity index (χ0n) is 16.4. The molecule has 4 aliphatic heterocycles. The van der Waals surface area contributed by atoms with Crippen LogP contribution in [0, 0.1) is 23.7 Å². The molecular formula is C19H28O9. The highest BCUT2D eigenvalue weighted by molar-refractivity contribution is 5.72.